The number of nitrogens with two attached hydrogens (primary N) is 1. The first-order chi connectivity index (χ1) is 11.8. The average molecular weight is 322 g/mol. The highest BCUT2D eigenvalue weighted by Gasteiger charge is 2.38. The lowest BCUT2D eigenvalue weighted by Gasteiger charge is -2.18. The summed E-state index contributed by atoms with van der Waals surface area (Å²) in [6.07, 6.45) is 6.90. The number of aromatic nitrogens is 4. The molecule has 24 heavy (non-hydrogen) atoms. The van der Waals surface area contributed by atoms with E-state index in [4.69, 9.17) is 5.73 Å². The van der Waals surface area contributed by atoms with E-state index in [1.807, 2.05) is 0 Å². The fourth-order valence-corrected chi connectivity index (χ4v) is 4.57. The number of nitrogen functional groups attached to an aromatic ring is 1. The third-order valence-electron chi connectivity index (χ3n) is 5.78. The van der Waals surface area contributed by atoms with Gasteiger partial charge in [0.2, 0.25) is 0 Å². The van der Waals surface area contributed by atoms with Gasteiger partial charge in [0.25, 0.3) is 0 Å². The van der Waals surface area contributed by atoms with Gasteiger partial charge in [-0.2, -0.15) is 5.10 Å². The van der Waals surface area contributed by atoms with Crippen LogP contribution in [0.2, 0.25) is 0 Å². The maximum atomic E-state index is 5.92. The highest BCUT2D eigenvalue weighted by Crippen LogP contribution is 2.38. The number of benzene rings is 1. The SMILES string of the molecule is Nc1cn[nH]c1-c1nc2ccc(CC3NCC4CCCC43)cc2[nH]1. The van der Waals surface area contributed by atoms with Gasteiger partial charge in [-0.15, -0.1) is 0 Å². The minimum atomic E-state index is 0.608. The molecule has 3 unspecified atom stereocenters. The van der Waals surface area contributed by atoms with Crippen LogP contribution < -0.4 is 11.1 Å². The monoisotopic (exact) mass is 322 g/mol. The van der Waals surface area contributed by atoms with Crippen LogP contribution in [0.1, 0.15) is 24.8 Å². The maximum Gasteiger partial charge on any atom is 0.158 e. The lowest BCUT2D eigenvalue weighted by atomic mass is 9.90. The Bertz CT molecular complexity index is 879. The number of anilines is 1. The van der Waals surface area contributed by atoms with Crippen LogP contribution in [0.5, 0.6) is 0 Å². The van der Waals surface area contributed by atoms with E-state index in [2.05, 4.69) is 43.7 Å². The average Bonchev–Trinajstić information content (AvgIpc) is 3.31. The molecule has 124 valence electrons. The molecule has 5 N–H and O–H groups in total. The van der Waals surface area contributed by atoms with Gasteiger partial charge in [0.1, 0.15) is 5.69 Å². The minimum absolute atomic E-state index is 0.608. The molecular weight excluding hydrogens is 300 g/mol. The molecule has 6 heteroatoms. The Morgan fingerprint density at radius 3 is 3.08 bits per heavy atom. The van der Waals surface area contributed by atoms with Crippen molar-refractivity contribution in [1.82, 2.24) is 25.5 Å². The summed E-state index contributed by atoms with van der Waals surface area (Å²) in [4.78, 5) is 7.99. The quantitative estimate of drug-likeness (QED) is 0.596. The number of rotatable bonds is 3. The van der Waals surface area contributed by atoms with E-state index in [0.717, 1.165) is 40.8 Å². The molecule has 5 rings (SSSR count). The molecule has 1 aliphatic heterocycles. The van der Waals surface area contributed by atoms with Gasteiger partial charge >= 0.3 is 0 Å². The molecule has 1 saturated carbocycles. The molecule has 3 aromatic rings. The van der Waals surface area contributed by atoms with E-state index in [1.54, 1.807) is 6.20 Å². The molecule has 2 aliphatic rings. The van der Waals surface area contributed by atoms with E-state index >= 15 is 0 Å². The van der Waals surface area contributed by atoms with Crippen molar-refractivity contribution in [2.75, 3.05) is 12.3 Å². The standard InChI is InChI=1S/C18H22N6/c19-13-9-21-24-17(13)18-22-14-5-4-10(7-16(14)23-18)6-15-12-3-1-2-11(12)8-20-15/h4-5,7,9,11-12,15,20H,1-3,6,8,19H2,(H,21,24)(H,22,23). The van der Waals surface area contributed by atoms with Crippen LogP contribution in [0.4, 0.5) is 5.69 Å². The van der Waals surface area contributed by atoms with Crippen molar-refractivity contribution in [1.29, 1.82) is 0 Å². The molecule has 6 nitrogen and oxygen atoms in total. The summed E-state index contributed by atoms with van der Waals surface area (Å²) < 4.78 is 0. The van der Waals surface area contributed by atoms with Crippen molar-refractivity contribution in [3.05, 3.63) is 30.0 Å². The Hall–Kier alpha value is -2.34. The zero-order chi connectivity index (χ0) is 16.1. The number of hydrogen-bond donors (Lipinski definition) is 4. The summed E-state index contributed by atoms with van der Waals surface area (Å²) in [5.41, 5.74) is 10.7. The first-order valence-corrected chi connectivity index (χ1v) is 8.79. The second-order valence-electron chi connectivity index (χ2n) is 7.21. The predicted molar refractivity (Wildman–Crippen MR) is 94.4 cm³/mol. The second-order valence-corrected chi connectivity index (χ2v) is 7.21. The Kier molecular flexibility index (Phi) is 3.13. The molecular formula is C18H22N6. The molecule has 3 atom stereocenters. The van der Waals surface area contributed by atoms with E-state index in [1.165, 1.54) is 31.4 Å². The van der Waals surface area contributed by atoms with Crippen LogP contribution >= 0.6 is 0 Å². The van der Waals surface area contributed by atoms with Crippen LogP contribution in [0.25, 0.3) is 22.6 Å². The number of nitrogens with zero attached hydrogens (tertiary/aromatic N) is 2. The number of aromatic amines is 2. The third kappa shape index (κ3) is 2.21. The van der Waals surface area contributed by atoms with E-state index in [-0.39, 0.29) is 0 Å². The fraction of sp³-hybridized carbons (Fsp3) is 0.444. The van der Waals surface area contributed by atoms with Crippen molar-refractivity contribution in [3.8, 4) is 11.5 Å². The lowest BCUT2D eigenvalue weighted by Crippen LogP contribution is -2.29. The largest absolute Gasteiger partial charge is 0.396 e. The third-order valence-corrected chi connectivity index (χ3v) is 5.78. The summed E-state index contributed by atoms with van der Waals surface area (Å²) in [5, 5.41) is 10.6. The van der Waals surface area contributed by atoms with Crippen molar-refractivity contribution in [2.45, 2.75) is 31.7 Å². The number of fused-ring (bicyclic) bond motifs is 2. The lowest BCUT2D eigenvalue weighted by molar-refractivity contribution is 0.409. The molecule has 0 radical (unpaired) electrons. The smallest absolute Gasteiger partial charge is 0.158 e. The van der Waals surface area contributed by atoms with Crippen LogP contribution in [0.3, 0.4) is 0 Å². The molecule has 0 bridgehead atoms. The Morgan fingerprint density at radius 1 is 1.25 bits per heavy atom. The summed E-state index contributed by atoms with van der Waals surface area (Å²) in [7, 11) is 0. The molecule has 0 spiro atoms. The molecule has 1 aromatic carbocycles. The Labute approximate surface area is 140 Å². The molecule has 2 fully saturated rings. The molecule has 0 amide bonds. The normalized spacial score (nSPS) is 26.2. The Balaban J connectivity index is 1.42. The molecule has 2 aromatic heterocycles. The van der Waals surface area contributed by atoms with E-state index in [9.17, 15) is 0 Å². The van der Waals surface area contributed by atoms with Gasteiger partial charge in [-0.3, -0.25) is 5.10 Å². The second kappa shape index (κ2) is 5.34. The van der Waals surface area contributed by atoms with Crippen molar-refractivity contribution < 1.29 is 0 Å². The van der Waals surface area contributed by atoms with Crippen LogP contribution in [-0.4, -0.2) is 32.8 Å². The first kappa shape index (κ1) is 14.0. The highest BCUT2D eigenvalue weighted by molar-refractivity contribution is 5.81. The number of imidazole rings is 1. The Morgan fingerprint density at radius 2 is 2.21 bits per heavy atom. The van der Waals surface area contributed by atoms with Crippen molar-refractivity contribution in [2.24, 2.45) is 11.8 Å². The van der Waals surface area contributed by atoms with Crippen molar-refractivity contribution >= 4 is 16.7 Å². The van der Waals surface area contributed by atoms with Crippen LogP contribution in [0, 0.1) is 11.8 Å². The van der Waals surface area contributed by atoms with Gasteiger partial charge in [-0.25, -0.2) is 4.98 Å². The fourth-order valence-electron chi connectivity index (χ4n) is 4.57. The van der Waals surface area contributed by atoms with Gasteiger partial charge in [0.05, 0.1) is 22.9 Å². The van der Waals surface area contributed by atoms with E-state index in [0.29, 0.717) is 11.7 Å². The predicted octanol–water partition coefficient (Wildman–Crippen LogP) is 2.47. The highest BCUT2D eigenvalue weighted by atomic mass is 15.1. The van der Waals surface area contributed by atoms with Gasteiger partial charge < -0.3 is 16.0 Å². The zero-order valence-electron chi connectivity index (χ0n) is 13.5. The summed E-state index contributed by atoms with van der Waals surface area (Å²) in [6.45, 7) is 1.20. The summed E-state index contributed by atoms with van der Waals surface area (Å²) in [6, 6.07) is 7.15. The van der Waals surface area contributed by atoms with Crippen LogP contribution in [0.15, 0.2) is 24.4 Å². The van der Waals surface area contributed by atoms with Gasteiger partial charge in [-0.1, -0.05) is 12.5 Å². The molecule has 3 heterocycles. The van der Waals surface area contributed by atoms with Gasteiger partial charge in [0, 0.05) is 6.04 Å². The zero-order valence-corrected chi connectivity index (χ0v) is 13.5. The molecule has 1 saturated heterocycles. The number of H-pyrrole nitrogens is 2. The maximum absolute atomic E-state index is 5.92. The van der Waals surface area contributed by atoms with E-state index < -0.39 is 0 Å². The number of hydrogen-bond acceptors (Lipinski definition) is 4. The minimum Gasteiger partial charge on any atom is -0.396 e. The van der Waals surface area contributed by atoms with Crippen molar-refractivity contribution in [3.63, 3.8) is 0 Å². The first-order valence-electron chi connectivity index (χ1n) is 8.79. The summed E-state index contributed by atoms with van der Waals surface area (Å²) in [5.74, 6) is 2.51. The van der Waals surface area contributed by atoms with Gasteiger partial charge in [-0.05, 0) is 55.3 Å². The number of nitrogens with one attached hydrogen (secondary N) is 3. The summed E-state index contributed by atoms with van der Waals surface area (Å²) >= 11 is 0. The topological polar surface area (TPSA) is 95.4 Å². The molecule has 1 aliphatic carbocycles. The van der Waals surface area contributed by atoms with Crippen LogP contribution in [-0.2, 0) is 6.42 Å². The van der Waals surface area contributed by atoms with Gasteiger partial charge in [0.15, 0.2) is 5.82 Å².